The summed E-state index contributed by atoms with van der Waals surface area (Å²) in [5.74, 6) is 0.382. The van der Waals surface area contributed by atoms with Crippen molar-refractivity contribution >= 4 is 17.5 Å². The molecule has 9 nitrogen and oxygen atoms in total. The third-order valence-corrected chi connectivity index (χ3v) is 7.44. The molecule has 3 aliphatic heterocycles. The molecule has 180 valence electrons. The lowest BCUT2D eigenvalue weighted by atomic mass is 10.0. The van der Waals surface area contributed by atoms with Gasteiger partial charge < -0.3 is 9.80 Å². The zero-order valence-electron chi connectivity index (χ0n) is 19.2. The number of pyridine rings is 1. The second kappa shape index (κ2) is 9.27. The first-order valence-electron chi connectivity index (χ1n) is 11.8. The molecular weight excluding hydrogens is 439 g/mol. The number of fused-ring (bicyclic) bond motifs is 1. The van der Waals surface area contributed by atoms with Gasteiger partial charge in [-0.05, 0) is 75.1 Å². The van der Waals surface area contributed by atoms with E-state index in [1.165, 1.54) is 37.1 Å². The number of likely N-dealkylation sites (tertiary alicyclic amines) is 3. The number of nitro groups is 1. The highest BCUT2D eigenvalue weighted by molar-refractivity contribution is 5.91. The summed E-state index contributed by atoms with van der Waals surface area (Å²) in [6.07, 6.45) is 2.39. The van der Waals surface area contributed by atoms with Gasteiger partial charge in [-0.2, -0.15) is 0 Å². The molecule has 1 aromatic carbocycles. The Labute approximate surface area is 197 Å². The minimum Gasteiger partial charge on any atom is -0.324 e. The Morgan fingerprint density at radius 2 is 1.71 bits per heavy atom. The van der Waals surface area contributed by atoms with Crippen LogP contribution in [0.2, 0.25) is 0 Å². The maximum absolute atomic E-state index is 13.3. The molecule has 3 fully saturated rings. The first-order valence-corrected chi connectivity index (χ1v) is 11.8. The van der Waals surface area contributed by atoms with E-state index in [4.69, 9.17) is 0 Å². The Morgan fingerprint density at radius 1 is 1.06 bits per heavy atom. The minimum atomic E-state index is -0.560. The number of amides is 2. The van der Waals surface area contributed by atoms with E-state index in [1.54, 1.807) is 17.0 Å². The Morgan fingerprint density at radius 3 is 2.32 bits per heavy atom. The van der Waals surface area contributed by atoms with E-state index in [0.717, 1.165) is 26.2 Å². The van der Waals surface area contributed by atoms with Crippen LogP contribution >= 0.6 is 0 Å². The van der Waals surface area contributed by atoms with Crippen molar-refractivity contribution in [2.75, 3.05) is 51.6 Å². The normalized spacial score (nSPS) is 23.8. The van der Waals surface area contributed by atoms with Crippen molar-refractivity contribution in [1.29, 1.82) is 0 Å². The lowest BCUT2D eigenvalue weighted by Crippen LogP contribution is -2.44. The standard InChI is InChI=1S/C24H29FN6O3/c1-28-10-8-20(9-11-28)29-12-17-14-30(15-18(17)13-29)24(32)27-23-22(31(33)34)7-6-21(26-23)16-2-4-19(25)5-3-16/h2-7,17-18,20H,8-15H2,1H3,(H,26,27,32). The lowest BCUT2D eigenvalue weighted by Gasteiger charge is -2.35. The number of carbonyl (C=O) groups excluding carboxylic acids is 1. The van der Waals surface area contributed by atoms with E-state index in [0.29, 0.717) is 42.2 Å². The zero-order valence-corrected chi connectivity index (χ0v) is 19.2. The van der Waals surface area contributed by atoms with Crippen molar-refractivity contribution in [2.45, 2.75) is 18.9 Å². The molecule has 1 aromatic heterocycles. The molecule has 3 aliphatic rings. The van der Waals surface area contributed by atoms with Gasteiger partial charge in [-0.3, -0.25) is 20.3 Å². The number of carbonyl (C=O) groups is 1. The summed E-state index contributed by atoms with van der Waals surface area (Å²) in [7, 11) is 2.17. The Bertz CT molecular complexity index is 1060. The number of anilines is 1. The molecular formula is C24H29FN6O3. The van der Waals surface area contributed by atoms with Gasteiger partial charge in [0.25, 0.3) is 0 Å². The Hall–Kier alpha value is -3.11. The second-order valence-corrected chi connectivity index (χ2v) is 9.67. The van der Waals surface area contributed by atoms with Gasteiger partial charge >= 0.3 is 11.7 Å². The molecule has 1 N–H and O–H groups in total. The number of nitrogens with zero attached hydrogens (tertiary/aromatic N) is 5. The fraction of sp³-hybridized carbons (Fsp3) is 0.500. The molecule has 0 spiro atoms. The van der Waals surface area contributed by atoms with Crippen LogP contribution < -0.4 is 5.32 Å². The number of nitrogens with one attached hydrogen (secondary N) is 1. The molecule has 4 heterocycles. The molecule has 0 bridgehead atoms. The number of aromatic nitrogens is 1. The van der Waals surface area contributed by atoms with Gasteiger partial charge in [0.05, 0.1) is 10.6 Å². The van der Waals surface area contributed by atoms with Crippen LogP contribution in [-0.2, 0) is 0 Å². The van der Waals surface area contributed by atoms with Crippen molar-refractivity contribution in [3.63, 3.8) is 0 Å². The topological polar surface area (TPSA) is 94.8 Å². The number of rotatable bonds is 4. The molecule has 10 heteroatoms. The maximum Gasteiger partial charge on any atom is 0.323 e. The van der Waals surface area contributed by atoms with Crippen LogP contribution in [0.15, 0.2) is 36.4 Å². The molecule has 2 unspecified atom stereocenters. The first kappa shape index (κ1) is 22.7. The van der Waals surface area contributed by atoms with Crippen LogP contribution in [0.3, 0.4) is 0 Å². The smallest absolute Gasteiger partial charge is 0.323 e. The van der Waals surface area contributed by atoms with Gasteiger partial charge in [-0.25, -0.2) is 14.2 Å². The summed E-state index contributed by atoms with van der Waals surface area (Å²) in [6.45, 7) is 5.56. The van der Waals surface area contributed by atoms with E-state index in [-0.39, 0.29) is 23.4 Å². The molecule has 2 amide bonds. The Kier molecular flexibility index (Phi) is 6.18. The summed E-state index contributed by atoms with van der Waals surface area (Å²) in [6, 6.07) is 8.78. The highest BCUT2D eigenvalue weighted by Gasteiger charge is 2.43. The van der Waals surface area contributed by atoms with E-state index in [9.17, 15) is 19.3 Å². The highest BCUT2D eigenvalue weighted by Crippen LogP contribution is 2.35. The average molecular weight is 469 g/mol. The van der Waals surface area contributed by atoms with Crippen molar-refractivity contribution in [1.82, 2.24) is 19.7 Å². The van der Waals surface area contributed by atoms with Gasteiger partial charge in [-0.1, -0.05) is 0 Å². The molecule has 0 saturated carbocycles. The van der Waals surface area contributed by atoms with Crippen molar-refractivity contribution in [3.05, 3.63) is 52.3 Å². The van der Waals surface area contributed by atoms with Crippen molar-refractivity contribution in [3.8, 4) is 11.3 Å². The van der Waals surface area contributed by atoms with Gasteiger partial charge in [0.1, 0.15) is 5.82 Å². The van der Waals surface area contributed by atoms with Crippen molar-refractivity contribution < 1.29 is 14.1 Å². The summed E-state index contributed by atoms with van der Waals surface area (Å²) in [5, 5.41) is 14.2. The van der Waals surface area contributed by atoms with E-state index in [1.807, 2.05) is 0 Å². The van der Waals surface area contributed by atoms with Gasteiger partial charge in [0, 0.05) is 43.9 Å². The first-order chi connectivity index (χ1) is 16.4. The number of benzene rings is 1. The molecule has 0 aliphatic carbocycles. The predicted octanol–water partition coefficient (Wildman–Crippen LogP) is 3.29. The van der Waals surface area contributed by atoms with Crippen LogP contribution in [0, 0.1) is 27.8 Å². The minimum absolute atomic E-state index is 0.0955. The third kappa shape index (κ3) is 4.60. The van der Waals surface area contributed by atoms with Crippen molar-refractivity contribution in [2.24, 2.45) is 11.8 Å². The molecule has 0 radical (unpaired) electrons. The maximum atomic E-state index is 13.3. The SMILES string of the molecule is CN1CCC(N2CC3CN(C(=O)Nc4nc(-c5ccc(F)cc5)ccc4[N+](=O)[O-])CC3C2)CC1. The largest absolute Gasteiger partial charge is 0.324 e. The van der Waals surface area contributed by atoms with Crippen LogP contribution in [0.4, 0.5) is 20.7 Å². The highest BCUT2D eigenvalue weighted by atomic mass is 19.1. The summed E-state index contributed by atoms with van der Waals surface area (Å²) < 4.78 is 13.3. The van der Waals surface area contributed by atoms with E-state index >= 15 is 0 Å². The van der Waals surface area contributed by atoms with Crippen LogP contribution in [0.25, 0.3) is 11.3 Å². The zero-order chi connectivity index (χ0) is 23.8. The van der Waals surface area contributed by atoms with Crippen LogP contribution in [0.5, 0.6) is 0 Å². The van der Waals surface area contributed by atoms with Crippen LogP contribution in [-0.4, -0.2) is 83.0 Å². The van der Waals surface area contributed by atoms with Crippen LogP contribution in [0.1, 0.15) is 12.8 Å². The van der Waals surface area contributed by atoms with E-state index in [2.05, 4.69) is 27.1 Å². The second-order valence-electron chi connectivity index (χ2n) is 9.67. The van der Waals surface area contributed by atoms with Gasteiger partial charge in [-0.15, -0.1) is 0 Å². The number of urea groups is 1. The predicted molar refractivity (Wildman–Crippen MR) is 126 cm³/mol. The van der Waals surface area contributed by atoms with E-state index < -0.39 is 4.92 Å². The number of halogens is 1. The summed E-state index contributed by atoms with van der Waals surface area (Å²) in [5.41, 5.74) is 0.761. The monoisotopic (exact) mass is 468 g/mol. The molecule has 5 rings (SSSR count). The number of piperidine rings is 1. The third-order valence-electron chi connectivity index (χ3n) is 7.44. The fourth-order valence-electron chi connectivity index (χ4n) is 5.51. The summed E-state index contributed by atoms with van der Waals surface area (Å²) in [4.78, 5) is 35.0. The molecule has 2 aromatic rings. The summed E-state index contributed by atoms with van der Waals surface area (Å²) >= 11 is 0. The number of hydrogen-bond acceptors (Lipinski definition) is 6. The lowest BCUT2D eigenvalue weighted by molar-refractivity contribution is -0.384. The molecule has 2 atom stereocenters. The van der Waals surface area contributed by atoms with Gasteiger partial charge in [0.15, 0.2) is 0 Å². The fourth-order valence-corrected chi connectivity index (χ4v) is 5.51. The Balaban J connectivity index is 1.25. The number of hydrogen-bond donors (Lipinski definition) is 1. The molecule has 34 heavy (non-hydrogen) atoms. The molecule has 3 saturated heterocycles. The average Bonchev–Trinajstić information content (AvgIpc) is 3.39. The van der Waals surface area contributed by atoms with Gasteiger partial charge in [0.2, 0.25) is 5.82 Å². The quantitative estimate of drug-likeness (QED) is 0.547.